The van der Waals surface area contributed by atoms with E-state index in [1.165, 1.54) is 35.2 Å². The molecule has 17 heavy (non-hydrogen) atoms. The highest BCUT2D eigenvalue weighted by molar-refractivity contribution is 8.03. The Hall–Kier alpha value is -0.630. The lowest BCUT2D eigenvalue weighted by Crippen LogP contribution is -1.96. The van der Waals surface area contributed by atoms with Crippen molar-refractivity contribution in [2.24, 2.45) is 5.73 Å². The van der Waals surface area contributed by atoms with Crippen LogP contribution in [-0.4, -0.2) is 16.5 Å². The molecule has 90 valence electrons. The van der Waals surface area contributed by atoms with Crippen LogP contribution in [0.4, 0.5) is 4.39 Å². The van der Waals surface area contributed by atoms with Crippen LogP contribution in [0.25, 0.3) is 0 Å². The van der Waals surface area contributed by atoms with Crippen molar-refractivity contribution in [3.05, 3.63) is 29.6 Å². The minimum atomic E-state index is -0.273. The molecule has 0 aliphatic carbocycles. The number of halogens is 1. The normalized spacial score (nSPS) is 10.8. The van der Waals surface area contributed by atoms with Crippen LogP contribution in [0.5, 0.6) is 0 Å². The van der Waals surface area contributed by atoms with Crippen LogP contribution in [0.1, 0.15) is 5.56 Å². The first-order valence-corrected chi connectivity index (χ1v) is 7.62. The van der Waals surface area contributed by atoms with Gasteiger partial charge >= 0.3 is 0 Å². The van der Waals surface area contributed by atoms with Crippen LogP contribution in [0.3, 0.4) is 0 Å². The van der Waals surface area contributed by atoms with Gasteiger partial charge in [0.05, 0.1) is 0 Å². The number of benzene rings is 1. The Balaban J connectivity index is 2.20. The summed E-state index contributed by atoms with van der Waals surface area (Å²) in [5.74, 6) is -0.273. The highest BCUT2D eigenvalue weighted by atomic mass is 32.2. The second-order valence-corrected chi connectivity index (χ2v) is 6.49. The zero-order valence-electron chi connectivity index (χ0n) is 9.01. The molecule has 0 spiro atoms. The van der Waals surface area contributed by atoms with E-state index in [1.54, 1.807) is 11.8 Å². The lowest BCUT2D eigenvalue weighted by molar-refractivity contribution is 0.621. The molecule has 0 saturated carbocycles. The second kappa shape index (κ2) is 5.81. The fourth-order valence-electron chi connectivity index (χ4n) is 1.22. The van der Waals surface area contributed by atoms with Gasteiger partial charge in [0, 0.05) is 11.4 Å². The number of nitrogens with two attached hydrogens (primary N) is 1. The molecule has 0 aliphatic rings. The predicted octanol–water partition coefficient (Wildman–Crippen LogP) is 3.01. The van der Waals surface area contributed by atoms with Crippen LogP contribution < -0.4 is 5.73 Å². The molecule has 0 radical (unpaired) electrons. The molecule has 2 rings (SSSR count). The second-order valence-electron chi connectivity index (χ2n) is 3.14. The quantitative estimate of drug-likeness (QED) is 0.876. The van der Waals surface area contributed by atoms with E-state index in [0.717, 1.165) is 19.1 Å². The molecule has 3 nitrogen and oxygen atoms in total. The van der Waals surface area contributed by atoms with Gasteiger partial charge < -0.3 is 5.73 Å². The summed E-state index contributed by atoms with van der Waals surface area (Å²) < 4.78 is 15.0. The molecule has 2 aromatic rings. The van der Waals surface area contributed by atoms with Crippen molar-refractivity contribution in [2.45, 2.75) is 20.1 Å². The van der Waals surface area contributed by atoms with E-state index < -0.39 is 0 Å². The number of hydrogen-bond donors (Lipinski definition) is 1. The Labute approximate surface area is 111 Å². The molecule has 0 unspecified atom stereocenters. The van der Waals surface area contributed by atoms with Crippen molar-refractivity contribution in [1.82, 2.24) is 10.2 Å². The summed E-state index contributed by atoms with van der Waals surface area (Å²) in [7, 11) is 0. The standard InChI is InChI=1S/C10H10FN3S3/c1-15-9-13-14-10(17-9)16-8-3-6(5-12)2-7(11)4-8/h2-4H,5,12H2,1H3. The van der Waals surface area contributed by atoms with Crippen molar-refractivity contribution in [1.29, 1.82) is 0 Å². The Bertz CT molecular complexity index is 515. The summed E-state index contributed by atoms with van der Waals surface area (Å²) in [5, 5.41) is 8.01. The zero-order valence-corrected chi connectivity index (χ0v) is 11.5. The van der Waals surface area contributed by atoms with Crippen LogP contribution in [0, 0.1) is 5.82 Å². The monoisotopic (exact) mass is 287 g/mol. The van der Waals surface area contributed by atoms with E-state index in [0.29, 0.717) is 6.54 Å². The van der Waals surface area contributed by atoms with Crippen LogP contribution in [0.15, 0.2) is 31.8 Å². The van der Waals surface area contributed by atoms with Gasteiger partial charge in [-0.15, -0.1) is 10.2 Å². The van der Waals surface area contributed by atoms with Crippen LogP contribution in [0.2, 0.25) is 0 Å². The summed E-state index contributed by atoms with van der Waals surface area (Å²) in [6.45, 7) is 0.331. The highest BCUT2D eigenvalue weighted by Gasteiger charge is 2.07. The number of thioether (sulfide) groups is 1. The largest absolute Gasteiger partial charge is 0.326 e. The number of rotatable bonds is 4. The zero-order chi connectivity index (χ0) is 12.3. The third kappa shape index (κ3) is 3.41. The summed E-state index contributed by atoms with van der Waals surface area (Å²) in [5.41, 5.74) is 6.28. The maximum atomic E-state index is 13.3. The van der Waals surface area contributed by atoms with Gasteiger partial charge in [-0.2, -0.15) is 0 Å². The Kier molecular flexibility index (Phi) is 4.38. The van der Waals surface area contributed by atoms with Crippen molar-refractivity contribution < 1.29 is 4.39 Å². The highest BCUT2D eigenvalue weighted by Crippen LogP contribution is 2.33. The molecule has 0 atom stereocenters. The third-order valence-corrected chi connectivity index (χ3v) is 4.86. The van der Waals surface area contributed by atoms with E-state index in [1.807, 2.05) is 12.3 Å². The van der Waals surface area contributed by atoms with Crippen molar-refractivity contribution in [3.8, 4) is 0 Å². The first-order valence-electron chi connectivity index (χ1n) is 4.76. The van der Waals surface area contributed by atoms with E-state index in [9.17, 15) is 4.39 Å². The van der Waals surface area contributed by atoms with Gasteiger partial charge in [0.25, 0.3) is 0 Å². The molecule has 2 N–H and O–H groups in total. The lowest BCUT2D eigenvalue weighted by Gasteiger charge is -2.01. The van der Waals surface area contributed by atoms with Gasteiger partial charge in [-0.1, -0.05) is 34.9 Å². The number of aromatic nitrogens is 2. The van der Waals surface area contributed by atoms with Crippen molar-refractivity contribution in [2.75, 3.05) is 6.26 Å². The number of hydrogen-bond acceptors (Lipinski definition) is 6. The Morgan fingerprint density at radius 1 is 1.29 bits per heavy atom. The van der Waals surface area contributed by atoms with Crippen LogP contribution in [-0.2, 0) is 6.54 Å². The molecule has 0 bridgehead atoms. The van der Waals surface area contributed by atoms with Crippen molar-refractivity contribution in [3.63, 3.8) is 0 Å². The molecule has 1 heterocycles. The molecule has 0 fully saturated rings. The summed E-state index contributed by atoms with van der Waals surface area (Å²) in [6, 6.07) is 4.79. The molecule has 1 aromatic heterocycles. The van der Waals surface area contributed by atoms with Crippen molar-refractivity contribution >= 4 is 34.9 Å². The van der Waals surface area contributed by atoms with E-state index in [2.05, 4.69) is 10.2 Å². The molecular formula is C10H10FN3S3. The summed E-state index contributed by atoms with van der Waals surface area (Å²) in [4.78, 5) is 0.800. The fraction of sp³-hybridized carbons (Fsp3) is 0.200. The molecule has 0 saturated heterocycles. The third-order valence-electron chi connectivity index (χ3n) is 1.93. The maximum Gasteiger partial charge on any atom is 0.179 e. The van der Waals surface area contributed by atoms with Gasteiger partial charge in [-0.25, -0.2) is 4.39 Å². The fourth-order valence-corrected chi connectivity index (χ4v) is 3.74. The topological polar surface area (TPSA) is 51.8 Å². The van der Waals surface area contributed by atoms with Gasteiger partial charge in [0.2, 0.25) is 0 Å². The maximum absolute atomic E-state index is 13.3. The number of nitrogens with zero attached hydrogens (tertiary/aromatic N) is 2. The average Bonchev–Trinajstić information content (AvgIpc) is 2.76. The van der Waals surface area contributed by atoms with Gasteiger partial charge in [0.1, 0.15) is 5.82 Å². The minimum absolute atomic E-state index is 0.273. The van der Waals surface area contributed by atoms with E-state index >= 15 is 0 Å². The molecule has 0 amide bonds. The van der Waals surface area contributed by atoms with Gasteiger partial charge in [-0.05, 0) is 30.0 Å². The van der Waals surface area contributed by atoms with Crippen LogP contribution >= 0.6 is 34.9 Å². The summed E-state index contributed by atoms with van der Waals surface area (Å²) in [6.07, 6.45) is 1.95. The van der Waals surface area contributed by atoms with Gasteiger partial charge in [0.15, 0.2) is 8.68 Å². The molecule has 1 aromatic carbocycles. The smallest absolute Gasteiger partial charge is 0.179 e. The average molecular weight is 287 g/mol. The van der Waals surface area contributed by atoms with E-state index in [-0.39, 0.29) is 5.82 Å². The predicted molar refractivity (Wildman–Crippen MR) is 70.1 cm³/mol. The Morgan fingerprint density at radius 3 is 2.71 bits per heavy atom. The summed E-state index contributed by atoms with van der Waals surface area (Å²) >= 11 is 4.45. The van der Waals surface area contributed by atoms with Gasteiger partial charge in [-0.3, -0.25) is 0 Å². The first-order chi connectivity index (χ1) is 8.21. The Morgan fingerprint density at radius 2 is 2.06 bits per heavy atom. The van der Waals surface area contributed by atoms with E-state index in [4.69, 9.17) is 5.73 Å². The SMILES string of the molecule is CSc1nnc(Sc2cc(F)cc(CN)c2)s1. The molecular weight excluding hydrogens is 277 g/mol. The molecule has 0 aliphatic heterocycles. The minimum Gasteiger partial charge on any atom is -0.326 e. The lowest BCUT2D eigenvalue weighted by atomic mass is 10.2. The first kappa shape index (κ1) is 12.8. The molecule has 7 heteroatoms.